The van der Waals surface area contributed by atoms with E-state index >= 15 is 0 Å². The molecule has 0 aliphatic carbocycles. The summed E-state index contributed by atoms with van der Waals surface area (Å²) in [5.74, 6) is 0.822. The highest BCUT2D eigenvalue weighted by atomic mass is 32.1. The first-order valence-electron chi connectivity index (χ1n) is 2.66. The second-order valence-corrected chi connectivity index (χ2v) is 2.04. The molecule has 0 atom stereocenters. The van der Waals surface area contributed by atoms with Gasteiger partial charge < -0.3 is 5.73 Å². The van der Waals surface area contributed by atoms with Gasteiger partial charge in [0.2, 0.25) is 4.77 Å². The molecule has 0 unspecified atom stereocenters. The molecule has 0 saturated carbocycles. The maximum Gasteiger partial charge on any atom is 0.213 e. The summed E-state index contributed by atoms with van der Waals surface area (Å²) in [6, 6.07) is 0. The molecule has 0 spiro atoms. The normalized spacial score (nSPS) is 9.89. The first-order valence-corrected chi connectivity index (χ1v) is 3.07. The van der Waals surface area contributed by atoms with Crippen LogP contribution in [-0.2, 0) is 6.42 Å². The van der Waals surface area contributed by atoms with Crippen molar-refractivity contribution in [2.45, 2.75) is 6.42 Å². The van der Waals surface area contributed by atoms with Crippen LogP contribution in [0.4, 0.5) is 0 Å². The molecule has 4 N–H and O–H groups in total. The molecule has 50 valence electrons. The van der Waals surface area contributed by atoms with E-state index in [4.69, 9.17) is 18.0 Å². The standard InChI is InChI=1S/C4H8N4S/c5-2-1-3-6-4(9)8-7-3/h1-2,5H2,(H2,6,7,8,9). The summed E-state index contributed by atoms with van der Waals surface area (Å²) in [5, 5.41) is 5.46. The van der Waals surface area contributed by atoms with E-state index in [9.17, 15) is 0 Å². The van der Waals surface area contributed by atoms with Gasteiger partial charge in [0.25, 0.3) is 0 Å². The minimum atomic E-state index is 0.485. The highest BCUT2D eigenvalue weighted by molar-refractivity contribution is 7.71. The summed E-state index contributed by atoms with van der Waals surface area (Å²) in [6.07, 6.45) is 0.743. The molecule has 9 heavy (non-hydrogen) atoms. The largest absolute Gasteiger partial charge is 0.330 e. The van der Waals surface area contributed by atoms with E-state index in [0.717, 1.165) is 12.2 Å². The summed E-state index contributed by atoms with van der Waals surface area (Å²) in [7, 11) is 0. The predicted molar refractivity (Wildman–Crippen MR) is 36.5 cm³/mol. The van der Waals surface area contributed by atoms with Gasteiger partial charge in [0, 0.05) is 6.42 Å². The van der Waals surface area contributed by atoms with Gasteiger partial charge in [-0.15, -0.1) is 0 Å². The third-order valence-corrected chi connectivity index (χ3v) is 1.12. The zero-order valence-electron chi connectivity index (χ0n) is 4.85. The van der Waals surface area contributed by atoms with Crippen molar-refractivity contribution >= 4 is 12.2 Å². The van der Waals surface area contributed by atoms with Gasteiger partial charge in [0.05, 0.1) is 0 Å². The highest BCUT2D eigenvalue weighted by Gasteiger charge is 1.91. The summed E-state index contributed by atoms with van der Waals surface area (Å²) < 4.78 is 0.485. The highest BCUT2D eigenvalue weighted by Crippen LogP contribution is 1.85. The number of aromatic nitrogens is 3. The zero-order valence-corrected chi connectivity index (χ0v) is 5.66. The maximum atomic E-state index is 5.26. The zero-order chi connectivity index (χ0) is 6.69. The molecule has 0 amide bonds. The lowest BCUT2D eigenvalue weighted by molar-refractivity contribution is 0.874. The lowest BCUT2D eigenvalue weighted by atomic mass is 10.4. The van der Waals surface area contributed by atoms with Gasteiger partial charge in [0.15, 0.2) is 0 Å². The molecule has 0 fully saturated rings. The Kier molecular flexibility index (Phi) is 1.96. The first-order chi connectivity index (χ1) is 4.33. The summed E-state index contributed by atoms with van der Waals surface area (Å²) >= 11 is 4.71. The fourth-order valence-electron chi connectivity index (χ4n) is 0.559. The molecular formula is C4H8N4S. The Morgan fingerprint density at radius 1 is 1.56 bits per heavy atom. The third-order valence-electron chi connectivity index (χ3n) is 0.931. The van der Waals surface area contributed by atoms with Gasteiger partial charge >= 0.3 is 0 Å². The molecule has 1 aromatic heterocycles. The summed E-state index contributed by atoms with van der Waals surface area (Å²) in [6.45, 7) is 0.593. The molecule has 1 aromatic rings. The van der Waals surface area contributed by atoms with Gasteiger partial charge in [-0.05, 0) is 18.8 Å². The van der Waals surface area contributed by atoms with Crippen molar-refractivity contribution in [2.75, 3.05) is 6.54 Å². The van der Waals surface area contributed by atoms with Crippen molar-refractivity contribution in [3.8, 4) is 0 Å². The fourth-order valence-corrected chi connectivity index (χ4v) is 0.720. The van der Waals surface area contributed by atoms with Crippen LogP contribution in [0.3, 0.4) is 0 Å². The molecule has 0 aliphatic rings. The van der Waals surface area contributed by atoms with Crippen LogP contribution in [0.1, 0.15) is 5.82 Å². The molecule has 0 radical (unpaired) electrons. The first kappa shape index (κ1) is 6.44. The predicted octanol–water partition coefficient (Wildman–Crippen LogP) is -0.0315. The Morgan fingerprint density at radius 2 is 2.33 bits per heavy atom. The van der Waals surface area contributed by atoms with Crippen LogP contribution < -0.4 is 5.73 Å². The monoisotopic (exact) mass is 144 g/mol. The van der Waals surface area contributed by atoms with Gasteiger partial charge in [-0.2, -0.15) is 0 Å². The van der Waals surface area contributed by atoms with Gasteiger partial charge in [-0.3, -0.25) is 10.2 Å². The number of H-pyrrole nitrogens is 2. The Bertz CT molecular complexity index is 224. The topological polar surface area (TPSA) is 70.5 Å². The second-order valence-electron chi connectivity index (χ2n) is 1.65. The van der Waals surface area contributed by atoms with Crippen molar-refractivity contribution in [2.24, 2.45) is 5.73 Å². The Morgan fingerprint density at radius 3 is 2.78 bits per heavy atom. The van der Waals surface area contributed by atoms with E-state index in [0.29, 0.717) is 11.3 Å². The Balaban J connectivity index is 2.73. The molecule has 0 saturated heterocycles. The van der Waals surface area contributed by atoms with Crippen LogP contribution >= 0.6 is 12.2 Å². The number of rotatable bonds is 2. The van der Waals surface area contributed by atoms with Gasteiger partial charge in [-0.25, -0.2) is 4.98 Å². The number of nitrogens with zero attached hydrogens (tertiary/aromatic N) is 1. The van der Waals surface area contributed by atoms with Crippen LogP contribution in [0.15, 0.2) is 0 Å². The lowest BCUT2D eigenvalue weighted by Gasteiger charge is -1.85. The van der Waals surface area contributed by atoms with E-state index in [1.54, 1.807) is 0 Å². The van der Waals surface area contributed by atoms with Crippen LogP contribution in [0.5, 0.6) is 0 Å². The minimum Gasteiger partial charge on any atom is -0.330 e. The van der Waals surface area contributed by atoms with E-state index in [-0.39, 0.29) is 0 Å². The van der Waals surface area contributed by atoms with Crippen molar-refractivity contribution in [1.29, 1.82) is 0 Å². The van der Waals surface area contributed by atoms with Gasteiger partial charge in [0.1, 0.15) is 5.82 Å². The smallest absolute Gasteiger partial charge is 0.213 e. The van der Waals surface area contributed by atoms with E-state index < -0.39 is 0 Å². The van der Waals surface area contributed by atoms with Crippen molar-refractivity contribution in [1.82, 2.24) is 15.2 Å². The van der Waals surface area contributed by atoms with Crippen molar-refractivity contribution in [3.05, 3.63) is 10.6 Å². The third kappa shape index (κ3) is 1.62. The molecular weight excluding hydrogens is 136 g/mol. The summed E-state index contributed by atoms with van der Waals surface area (Å²) in [4.78, 5) is 3.92. The molecule has 5 heteroatoms. The number of nitrogens with two attached hydrogens (primary N) is 1. The Hall–Kier alpha value is -0.680. The molecule has 0 bridgehead atoms. The molecule has 0 aliphatic heterocycles. The van der Waals surface area contributed by atoms with Crippen molar-refractivity contribution in [3.63, 3.8) is 0 Å². The van der Waals surface area contributed by atoms with Crippen LogP contribution in [0, 0.1) is 4.77 Å². The fraction of sp³-hybridized carbons (Fsp3) is 0.500. The molecule has 1 rings (SSSR count). The molecule has 0 aromatic carbocycles. The SMILES string of the molecule is NCCc1nc(=S)[nH][nH]1. The Labute approximate surface area is 57.5 Å². The molecule has 4 nitrogen and oxygen atoms in total. The van der Waals surface area contributed by atoms with Crippen LogP contribution in [-0.4, -0.2) is 21.7 Å². The lowest BCUT2D eigenvalue weighted by Crippen LogP contribution is -2.03. The van der Waals surface area contributed by atoms with Gasteiger partial charge in [-0.1, -0.05) is 0 Å². The van der Waals surface area contributed by atoms with Crippen LogP contribution in [0.2, 0.25) is 0 Å². The van der Waals surface area contributed by atoms with E-state index in [1.807, 2.05) is 0 Å². The van der Waals surface area contributed by atoms with E-state index in [1.165, 1.54) is 0 Å². The second kappa shape index (κ2) is 2.75. The average molecular weight is 144 g/mol. The minimum absolute atomic E-state index is 0.485. The average Bonchev–Trinajstić information content (AvgIpc) is 2.17. The van der Waals surface area contributed by atoms with E-state index in [2.05, 4.69) is 15.2 Å². The van der Waals surface area contributed by atoms with Crippen LogP contribution in [0.25, 0.3) is 0 Å². The maximum absolute atomic E-state index is 5.26. The number of hydrogen-bond donors (Lipinski definition) is 3. The number of hydrogen-bond acceptors (Lipinski definition) is 3. The van der Waals surface area contributed by atoms with Crippen molar-refractivity contribution < 1.29 is 0 Å². The number of aromatic amines is 2. The number of nitrogens with one attached hydrogen (secondary N) is 2. The summed E-state index contributed by atoms with van der Waals surface area (Å²) in [5.41, 5.74) is 5.26. The molecule has 1 heterocycles. The quantitative estimate of drug-likeness (QED) is 0.510.